The minimum Gasteiger partial charge on any atom is -0.372 e. The van der Waals surface area contributed by atoms with E-state index in [0.29, 0.717) is 0 Å². The van der Waals surface area contributed by atoms with Crippen LogP contribution < -0.4 is 0 Å². The molecule has 0 bridgehead atoms. The van der Waals surface area contributed by atoms with Crippen LogP contribution in [0.1, 0.15) is 84.0 Å². The zero-order valence-corrected chi connectivity index (χ0v) is 12.2. The van der Waals surface area contributed by atoms with Crippen LogP contribution in [0.15, 0.2) is 12.3 Å². The van der Waals surface area contributed by atoms with Crippen molar-refractivity contribution in [1.82, 2.24) is 4.90 Å². The van der Waals surface area contributed by atoms with Crippen molar-refractivity contribution in [2.45, 2.75) is 96.1 Å². The quantitative estimate of drug-likeness (QED) is 0.641. The molecule has 0 aromatic carbocycles. The molecule has 0 heterocycles. The summed E-state index contributed by atoms with van der Waals surface area (Å²) in [4.78, 5) is 2.77. The van der Waals surface area contributed by atoms with Gasteiger partial charge in [0.2, 0.25) is 0 Å². The second kappa shape index (κ2) is 7.86. The Bertz CT molecular complexity index is 216. The summed E-state index contributed by atoms with van der Waals surface area (Å²) in [5.41, 5.74) is 0. The van der Waals surface area contributed by atoms with Crippen LogP contribution in [-0.4, -0.2) is 17.0 Å². The molecule has 2 fully saturated rings. The summed E-state index contributed by atoms with van der Waals surface area (Å²) in [5, 5.41) is 0. The molecule has 0 saturated heterocycles. The first-order chi connectivity index (χ1) is 8.92. The lowest BCUT2D eigenvalue weighted by Gasteiger charge is -2.41. The topological polar surface area (TPSA) is 3.24 Å². The third-order valence-corrected chi connectivity index (χ3v) is 4.73. The Morgan fingerprint density at radius 2 is 1.33 bits per heavy atom. The van der Waals surface area contributed by atoms with E-state index in [9.17, 15) is 0 Å². The number of hydrogen-bond donors (Lipinski definition) is 0. The summed E-state index contributed by atoms with van der Waals surface area (Å²) in [6, 6.07) is 1.71. The summed E-state index contributed by atoms with van der Waals surface area (Å²) < 4.78 is 0. The molecular weight excluding hydrogens is 218 g/mol. The van der Waals surface area contributed by atoms with Crippen molar-refractivity contribution in [3.63, 3.8) is 0 Å². The number of hydrogen-bond acceptors (Lipinski definition) is 1. The average molecular weight is 249 g/mol. The molecule has 0 unspecified atom stereocenters. The molecule has 0 radical (unpaired) electrons. The number of nitrogens with zero attached hydrogens (tertiary/aromatic N) is 1. The molecule has 0 N–H and O–H groups in total. The molecular formula is C17H31N. The summed E-state index contributed by atoms with van der Waals surface area (Å²) >= 11 is 0. The first-order valence-electron chi connectivity index (χ1n) is 8.36. The Balaban J connectivity index is 1.95. The first-order valence-corrected chi connectivity index (χ1v) is 8.36. The molecule has 0 aliphatic heterocycles. The molecule has 0 atom stereocenters. The summed E-state index contributed by atoms with van der Waals surface area (Å²) in [6.07, 6.45) is 21.9. The van der Waals surface area contributed by atoms with Gasteiger partial charge in [0, 0.05) is 12.1 Å². The maximum atomic E-state index is 2.77. The highest BCUT2D eigenvalue weighted by Crippen LogP contribution is 2.30. The highest BCUT2D eigenvalue weighted by molar-refractivity contribution is 4.93. The number of allylic oxidation sites excluding steroid dienone is 1. The summed E-state index contributed by atoms with van der Waals surface area (Å²) in [6.45, 7) is 2.27. The predicted octanol–water partition coefficient (Wildman–Crippen LogP) is 5.27. The lowest BCUT2D eigenvalue weighted by molar-refractivity contribution is 0.133. The largest absolute Gasteiger partial charge is 0.372 e. The van der Waals surface area contributed by atoms with Crippen molar-refractivity contribution < 1.29 is 0 Å². The van der Waals surface area contributed by atoms with Gasteiger partial charge in [-0.3, -0.25) is 0 Å². The molecule has 1 heteroatoms. The van der Waals surface area contributed by atoms with Gasteiger partial charge in [-0.05, 0) is 38.3 Å². The van der Waals surface area contributed by atoms with Crippen LogP contribution >= 0.6 is 0 Å². The van der Waals surface area contributed by atoms with Gasteiger partial charge in [0.05, 0.1) is 0 Å². The molecule has 2 aliphatic rings. The Hall–Kier alpha value is -0.460. The lowest BCUT2D eigenvalue weighted by Crippen LogP contribution is -2.41. The molecule has 0 amide bonds. The van der Waals surface area contributed by atoms with Crippen LogP contribution in [0.2, 0.25) is 0 Å². The fourth-order valence-electron chi connectivity index (χ4n) is 3.66. The minimum atomic E-state index is 0.856. The fourth-order valence-corrected chi connectivity index (χ4v) is 3.66. The zero-order valence-electron chi connectivity index (χ0n) is 12.2. The molecule has 0 spiro atoms. The maximum absolute atomic E-state index is 2.77. The van der Waals surface area contributed by atoms with Gasteiger partial charge in [0.1, 0.15) is 0 Å². The van der Waals surface area contributed by atoms with Crippen molar-refractivity contribution in [3.05, 3.63) is 12.3 Å². The van der Waals surface area contributed by atoms with E-state index in [4.69, 9.17) is 0 Å². The summed E-state index contributed by atoms with van der Waals surface area (Å²) in [7, 11) is 0. The normalized spacial score (nSPS) is 23.6. The van der Waals surface area contributed by atoms with Crippen LogP contribution in [0.25, 0.3) is 0 Å². The molecule has 104 valence electrons. The van der Waals surface area contributed by atoms with Gasteiger partial charge in [0.25, 0.3) is 0 Å². The summed E-state index contributed by atoms with van der Waals surface area (Å²) in [5.74, 6) is 0. The van der Waals surface area contributed by atoms with E-state index in [2.05, 4.69) is 24.1 Å². The molecule has 2 saturated carbocycles. The number of unbranched alkanes of at least 4 members (excludes halogenated alkanes) is 1. The van der Waals surface area contributed by atoms with E-state index in [-0.39, 0.29) is 0 Å². The van der Waals surface area contributed by atoms with Gasteiger partial charge in [-0.2, -0.15) is 0 Å². The van der Waals surface area contributed by atoms with Crippen LogP contribution in [0.5, 0.6) is 0 Å². The second-order valence-electron chi connectivity index (χ2n) is 6.20. The molecule has 2 rings (SSSR count). The standard InChI is InChI=1S/C17H31N/c1-2-3-10-15-18(16-11-6-4-7-12-16)17-13-8-5-9-14-17/h10,15-17H,2-9,11-14H2,1H3/b15-10+. The Morgan fingerprint density at radius 3 is 1.78 bits per heavy atom. The second-order valence-corrected chi connectivity index (χ2v) is 6.20. The van der Waals surface area contributed by atoms with Gasteiger partial charge in [-0.15, -0.1) is 0 Å². The van der Waals surface area contributed by atoms with Crippen LogP contribution in [0, 0.1) is 0 Å². The van der Waals surface area contributed by atoms with Crippen molar-refractivity contribution in [3.8, 4) is 0 Å². The van der Waals surface area contributed by atoms with Crippen LogP contribution in [-0.2, 0) is 0 Å². The Kier molecular flexibility index (Phi) is 6.10. The van der Waals surface area contributed by atoms with E-state index >= 15 is 0 Å². The maximum Gasteiger partial charge on any atom is 0.0287 e. The van der Waals surface area contributed by atoms with Crippen molar-refractivity contribution in [2.75, 3.05) is 0 Å². The van der Waals surface area contributed by atoms with Crippen LogP contribution in [0.4, 0.5) is 0 Å². The molecule has 0 aromatic rings. The predicted molar refractivity (Wildman–Crippen MR) is 79.6 cm³/mol. The SMILES string of the molecule is CCC/C=C/N(C1CCCCC1)C1CCCCC1. The molecule has 0 aromatic heterocycles. The van der Waals surface area contributed by atoms with E-state index in [1.54, 1.807) is 0 Å². The highest BCUT2D eigenvalue weighted by atomic mass is 15.2. The minimum absolute atomic E-state index is 0.856. The van der Waals surface area contributed by atoms with Gasteiger partial charge in [0.15, 0.2) is 0 Å². The fraction of sp³-hybridized carbons (Fsp3) is 0.882. The van der Waals surface area contributed by atoms with E-state index in [1.807, 2.05) is 0 Å². The monoisotopic (exact) mass is 249 g/mol. The van der Waals surface area contributed by atoms with E-state index in [0.717, 1.165) is 12.1 Å². The van der Waals surface area contributed by atoms with Crippen molar-refractivity contribution in [1.29, 1.82) is 0 Å². The number of rotatable bonds is 5. The third kappa shape index (κ3) is 4.03. The Morgan fingerprint density at radius 1 is 0.833 bits per heavy atom. The molecule has 2 aliphatic carbocycles. The van der Waals surface area contributed by atoms with E-state index in [1.165, 1.54) is 77.0 Å². The van der Waals surface area contributed by atoms with Crippen molar-refractivity contribution in [2.24, 2.45) is 0 Å². The average Bonchev–Trinajstić information content (AvgIpc) is 2.46. The smallest absolute Gasteiger partial charge is 0.0287 e. The van der Waals surface area contributed by atoms with Crippen LogP contribution in [0.3, 0.4) is 0 Å². The van der Waals surface area contributed by atoms with Gasteiger partial charge in [-0.1, -0.05) is 57.9 Å². The molecule has 1 nitrogen and oxygen atoms in total. The van der Waals surface area contributed by atoms with Gasteiger partial charge < -0.3 is 4.90 Å². The van der Waals surface area contributed by atoms with E-state index < -0.39 is 0 Å². The van der Waals surface area contributed by atoms with Crippen molar-refractivity contribution >= 4 is 0 Å². The Labute approximate surface area is 114 Å². The van der Waals surface area contributed by atoms with Gasteiger partial charge in [-0.25, -0.2) is 0 Å². The third-order valence-electron chi connectivity index (χ3n) is 4.73. The lowest BCUT2D eigenvalue weighted by atomic mass is 9.89. The first kappa shape index (κ1) is 14.0. The molecule has 18 heavy (non-hydrogen) atoms. The van der Waals surface area contributed by atoms with Gasteiger partial charge >= 0.3 is 0 Å². The zero-order chi connectivity index (χ0) is 12.6. The highest BCUT2D eigenvalue weighted by Gasteiger charge is 2.26.